The van der Waals surface area contributed by atoms with Crippen LogP contribution in [0.1, 0.15) is 16.1 Å². The van der Waals surface area contributed by atoms with Crippen LogP contribution in [0.15, 0.2) is 66.9 Å². The van der Waals surface area contributed by atoms with Gasteiger partial charge in [-0.3, -0.25) is 14.8 Å². The first-order valence-electron chi connectivity index (χ1n) is 7.74. The molecule has 4 aromatic rings. The van der Waals surface area contributed by atoms with Gasteiger partial charge in [0.05, 0.1) is 22.3 Å². The van der Waals surface area contributed by atoms with Crippen molar-refractivity contribution in [1.29, 1.82) is 0 Å². The zero-order valence-electron chi connectivity index (χ0n) is 13.2. The summed E-state index contributed by atoms with van der Waals surface area (Å²) in [7, 11) is 0. The fourth-order valence-corrected chi connectivity index (χ4v) is 2.90. The van der Waals surface area contributed by atoms with Crippen LogP contribution in [0.5, 0.6) is 0 Å². The van der Waals surface area contributed by atoms with E-state index in [9.17, 15) is 4.79 Å². The van der Waals surface area contributed by atoms with Crippen LogP contribution >= 0.6 is 0 Å². The maximum Gasteiger partial charge on any atom is 0.256 e. The quantitative estimate of drug-likeness (QED) is 0.599. The molecule has 1 amide bonds. The summed E-state index contributed by atoms with van der Waals surface area (Å²) in [6.07, 6.45) is 1.74. The number of anilines is 1. The van der Waals surface area contributed by atoms with Gasteiger partial charge in [-0.05, 0) is 43.3 Å². The highest BCUT2D eigenvalue weighted by molar-refractivity contribution is 6.14. The summed E-state index contributed by atoms with van der Waals surface area (Å²) < 4.78 is 0. The number of amides is 1. The molecule has 24 heavy (non-hydrogen) atoms. The fraction of sp³-hybridized carbons (Fsp3) is 0.0500. The SMILES string of the molecule is Cc1cc(C(=O)Nc2cccc3ncccc23)c2ccccc2n1. The van der Waals surface area contributed by atoms with Gasteiger partial charge in [0.25, 0.3) is 5.91 Å². The molecule has 2 heterocycles. The normalized spacial score (nSPS) is 10.9. The molecule has 0 aliphatic heterocycles. The lowest BCUT2D eigenvalue weighted by Gasteiger charge is -2.11. The highest BCUT2D eigenvalue weighted by Gasteiger charge is 2.13. The summed E-state index contributed by atoms with van der Waals surface area (Å²) in [4.78, 5) is 21.7. The summed E-state index contributed by atoms with van der Waals surface area (Å²) in [5.41, 5.74) is 3.87. The molecular formula is C20H15N3O. The van der Waals surface area contributed by atoms with Crippen molar-refractivity contribution in [2.24, 2.45) is 0 Å². The second-order valence-corrected chi connectivity index (χ2v) is 5.66. The van der Waals surface area contributed by atoms with Crippen LogP contribution in [0, 0.1) is 6.92 Å². The van der Waals surface area contributed by atoms with Crippen molar-refractivity contribution in [2.45, 2.75) is 6.92 Å². The van der Waals surface area contributed by atoms with Gasteiger partial charge in [-0.2, -0.15) is 0 Å². The number of aryl methyl sites for hydroxylation is 1. The number of carbonyl (C=O) groups is 1. The van der Waals surface area contributed by atoms with E-state index in [1.165, 1.54) is 0 Å². The Kier molecular flexibility index (Phi) is 3.43. The summed E-state index contributed by atoms with van der Waals surface area (Å²) in [5, 5.41) is 4.78. The number of aromatic nitrogens is 2. The zero-order valence-corrected chi connectivity index (χ0v) is 13.2. The van der Waals surface area contributed by atoms with Crippen molar-refractivity contribution in [3.8, 4) is 0 Å². The molecule has 0 aliphatic carbocycles. The third-order valence-electron chi connectivity index (χ3n) is 3.98. The number of para-hydroxylation sites is 1. The lowest BCUT2D eigenvalue weighted by atomic mass is 10.1. The second kappa shape index (κ2) is 5.74. The van der Waals surface area contributed by atoms with Gasteiger partial charge >= 0.3 is 0 Å². The molecule has 116 valence electrons. The van der Waals surface area contributed by atoms with E-state index in [4.69, 9.17) is 0 Å². The van der Waals surface area contributed by atoms with Crippen LogP contribution in [0.4, 0.5) is 5.69 Å². The molecule has 4 rings (SSSR count). The highest BCUT2D eigenvalue weighted by atomic mass is 16.1. The number of hydrogen-bond acceptors (Lipinski definition) is 3. The number of rotatable bonds is 2. The maximum atomic E-state index is 12.9. The molecule has 0 atom stereocenters. The number of fused-ring (bicyclic) bond motifs is 2. The largest absolute Gasteiger partial charge is 0.321 e. The van der Waals surface area contributed by atoms with Gasteiger partial charge in [-0.25, -0.2) is 0 Å². The Balaban J connectivity index is 1.80. The van der Waals surface area contributed by atoms with E-state index in [1.807, 2.05) is 67.6 Å². The van der Waals surface area contributed by atoms with Crippen molar-refractivity contribution in [2.75, 3.05) is 5.32 Å². The summed E-state index contributed by atoms with van der Waals surface area (Å²) in [6, 6.07) is 19.0. The van der Waals surface area contributed by atoms with Gasteiger partial charge in [0, 0.05) is 22.7 Å². The molecule has 1 N–H and O–H groups in total. The average molecular weight is 313 g/mol. The molecule has 0 aliphatic rings. The molecule has 0 spiro atoms. The van der Waals surface area contributed by atoms with Crippen LogP contribution in [0.25, 0.3) is 21.8 Å². The summed E-state index contributed by atoms with van der Waals surface area (Å²) >= 11 is 0. The number of benzene rings is 2. The van der Waals surface area contributed by atoms with Crippen molar-refractivity contribution in [3.63, 3.8) is 0 Å². The third kappa shape index (κ3) is 2.48. The van der Waals surface area contributed by atoms with E-state index in [0.717, 1.165) is 33.2 Å². The number of carbonyl (C=O) groups excluding carboxylic acids is 1. The molecule has 2 aromatic heterocycles. The van der Waals surface area contributed by atoms with Crippen LogP contribution in [0.2, 0.25) is 0 Å². The van der Waals surface area contributed by atoms with E-state index in [0.29, 0.717) is 5.56 Å². The Labute approximate surface area is 139 Å². The Hall–Kier alpha value is -3.27. The van der Waals surface area contributed by atoms with Crippen LogP contribution in [0.3, 0.4) is 0 Å². The predicted molar refractivity (Wildman–Crippen MR) is 96.2 cm³/mol. The topological polar surface area (TPSA) is 54.9 Å². The Morgan fingerprint density at radius 3 is 2.62 bits per heavy atom. The molecule has 4 nitrogen and oxygen atoms in total. The minimum Gasteiger partial charge on any atom is -0.321 e. The van der Waals surface area contributed by atoms with E-state index in [1.54, 1.807) is 6.20 Å². The Morgan fingerprint density at radius 1 is 0.917 bits per heavy atom. The Bertz CT molecular complexity index is 1070. The van der Waals surface area contributed by atoms with Crippen LogP contribution in [-0.4, -0.2) is 15.9 Å². The molecule has 0 saturated carbocycles. The smallest absolute Gasteiger partial charge is 0.256 e. The molecule has 2 aromatic carbocycles. The summed E-state index contributed by atoms with van der Waals surface area (Å²) in [5.74, 6) is -0.145. The first kappa shape index (κ1) is 14.3. The van der Waals surface area contributed by atoms with Crippen LogP contribution in [-0.2, 0) is 0 Å². The van der Waals surface area contributed by atoms with Crippen molar-refractivity contribution in [1.82, 2.24) is 9.97 Å². The Morgan fingerprint density at radius 2 is 1.71 bits per heavy atom. The van der Waals surface area contributed by atoms with Crippen molar-refractivity contribution >= 4 is 33.4 Å². The third-order valence-corrected chi connectivity index (χ3v) is 3.98. The predicted octanol–water partition coefficient (Wildman–Crippen LogP) is 4.34. The molecule has 0 radical (unpaired) electrons. The lowest BCUT2D eigenvalue weighted by Crippen LogP contribution is -2.13. The molecule has 4 heteroatoms. The molecule has 0 bridgehead atoms. The number of hydrogen-bond donors (Lipinski definition) is 1. The van der Waals surface area contributed by atoms with Gasteiger partial charge in [0.2, 0.25) is 0 Å². The van der Waals surface area contributed by atoms with E-state index < -0.39 is 0 Å². The van der Waals surface area contributed by atoms with Crippen LogP contribution < -0.4 is 5.32 Å². The van der Waals surface area contributed by atoms with Gasteiger partial charge in [-0.15, -0.1) is 0 Å². The molecular weight excluding hydrogens is 298 g/mol. The monoisotopic (exact) mass is 313 g/mol. The summed E-state index contributed by atoms with van der Waals surface area (Å²) in [6.45, 7) is 1.89. The van der Waals surface area contributed by atoms with E-state index in [-0.39, 0.29) is 5.91 Å². The second-order valence-electron chi connectivity index (χ2n) is 5.66. The first-order valence-corrected chi connectivity index (χ1v) is 7.74. The average Bonchev–Trinajstić information content (AvgIpc) is 2.61. The van der Waals surface area contributed by atoms with Crippen molar-refractivity contribution in [3.05, 3.63) is 78.1 Å². The fourth-order valence-electron chi connectivity index (χ4n) is 2.90. The maximum absolute atomic E-state index is 12.9. The number of nitrogens with one attached hydrogen (secondary N) is 1. The first-order chi connectivity index (χ1) is 11.7. The standard InChI is InChI=1S/C20H15N3O/c1-13-12-16(14-6-2-3-8-18(14)22-13)20(24)23-19-10-4-9-17-15(19)7-5-11-21-17/h2-12H,1H3,(H,23,24). The van der Waals surface area contributed by atoms with Gasteiger partial charge < -0.3 is 5.32 Å². The highest BCUT2D eigenvalue weighted by Crippen LogP contribution is 2.24. The molecule has 0 fully saturated rings. The zero-order chi connectivity index (χ0) is 16.5. The minimum atomic E-state index is -0.145. The number of pyridine rings is 2. The van der Waals surface area contributed by atoms with Gasteiger partial charge in [-0.1, -0.05) is 24.3 Å². The molecule has 0 saturated heterocycles. The number of nitrogens with zero attached hydrogens (tertiary/aromatic N) is 2. The molecule has 0 unspecified atom stereocenters. The lowest BCUT2D eigenvalue weighted by molar-refractivity contribution is 0.102. The van der Waals surface area contributed by atoms with E-state index >= 15 is 0 Å². The minimum absolute atomic E-state index is 0.145. The van der Waals surface area contributed by atoms with Gasteiger partial charge in [0.1, 0.15) is 0 Å². The van der Waals surface area contributed by atoms with E-state index in [2.05, 4.69) is 15.3 Å². The van der Waals surface area contributed by atoms with Gasteiger partial charge in [0.15, 0.2) is 0 Å². The van der Waals surface area contributed by atoms with Crippen molar-refractivity contribution < 1.29 is 4.79 Å².